The third-order valence-corrected chi connectivity index (χ3v) is 2.47. The van der Waals surface area contributed by atoms with E-state index in [0.717, 1.165) is 5.56 Å². The summed E-state index contributed by atoms with van der Waals surface area (Å²) in [6.07, 6.45) is 6.95. The molecular formula is C15H11FN2O. The molecular weight excluding hydrogens is 243 g/mol. The Morgan fingerprint density at radius 3 is 2.74 bits per heavy atom. The number of carbonyl (C=O) groups is 1. The average molecular weight is 254 g/mol. The normalized spacial score (nSPS) is 9.68. The molecule has 0 aliphatic carbocycles. The van der Waals surface area contributed by atoms with Crippen LogP contribution in [0.3, 0.4) is 0 Å². The first-order chi connectivity index (χ1) is 9.17. The molecule has 2 rings (SSSR count). The number of amides is 1. The van der Waals surface area contributed by atoms with E-state index in [9.17, 15) is 9.18 Å². The maximum atomic E-state index is 12.7. The van der Waals surface area contributed by atoms with Crippen molar-refractivity contribution in [3.8, 4) is 12.3 Å². The molecule has 1 aromatic heterocycles. The SMILES string of the molecule is C#Cc1ccnc(NC(=O)Cc2ccc(F)cc2)c1. The number of aromatic nitrogens is 1. The number of benzene rings is 1. The van der Waals surface area contributed by atoms with Crippen LogP contribution >= 0.6 is 0 Å². The van der Waals surface area contributed by atoms with Crippen molar-refractivity contribution in [3.05, 3.63) is 59.5 Å². The van der Waals surface area contributed by atoms with E-state index < -0.39 is 0 Å². The molecule has 1 aromatic carbocycles. The van der Waals surface area contributed by atoms with Crippen LogP contribution in [0.2, 0.25) is 0 Å². The standard InChI is InChI=1S/C15H11FN2O/c1-2-11-7-8-17-14(9-11)18-15(19)10-12-3-5-13(16)6-4-12/h1,3-9H,10H2,(H,17,18,19). The van der Waals surface area contributed by atoms with E-state index in [4.69, 9.17) is 6.42 Å². The van der Waals surface area contributed by atoms with Crippen LogP contribution in [-0.2, 0) is 11.2 Å². The van der Waals surface area contributed by atoms with E-state index in [0.29, 0.717) is 11.4 Å². The van der Waals surface area contributed by atoms with Crippen LogP contribution in [0.1, 0.15) is 11.1 Å². The highest BCUT2D eigenvalue weighted by atomic mass is 19.1. The van der Waals surface area contributed by atoms with Crippen LogP contribution in [0.4, 0.5) is 10.2 Å². The number of nitrogens with zero attached hydrogens (tertiary/aromatic N) is 1. The summed E-state index contributed by atoms with van der Waals surface area (Å²) >= 11 is 0. The van der Waals surface area contributed by atoms with Gasteiger partial charge in [0.05, 0.1) is 6.42 Å². The molecule has 1 heterocycles. The van der Waals surface area contributed by atoms with Crippen molar-refractivity contribution in [2.75, 3.05) is 5.32 Å². The number of nitrogens with one attached hydrogen (secondary N) is 1. The summed E-state index contributed by atoms with van der Waals surface area (Å²) in [5, 5.41) is 2.64. The van der Waals surface area contributed by atoms with E-state index in [1.54, 1.807) is 24.3 Å². The highest BCUT2D eigenvalue weighted by Gasteiger charge is 2.05. The van der Waals surface area contributed by atoms with Gasteiger partial charge in [0.25, 0.3) is 0 Å². The van der Waals surface area contributed by atoms with Crippen LogP contribution < -0.4 is 5.32 Å². The number of halogens is 1. The topological polar surface area (TPSA) is 42.0 Å². The van der Waals surface area contributed by atoms with E-state index >= 15 is 0 Å². The summed E-state index contributed by atoms with van der Waals surface area (Å²) < 4.78 is 12.7. The fourth-order valence-corrected chi connectivity index (χ4v) is 1.56. The fraction of sp³-hybridized carbons (Fsp3) is 0.0667. The maximum Gasteiger partial charge on any atom is 0.229 e. The smallest absolute Gasteiger partial charge is 0.229 e. The molecule has 0 bridgehead atoms. The molecule has 19 heavy (non-hydrogen) atoms. The molecule has 0 spiro atoms. The first-order valence-corrected chi connectivity index (χ1v) is 5.64. The van der Waals surface area contributed by atoms with Gasteiger partial charge in [0.1, 0.15) is 11.6 Å². The Hall–Kier alpha value is -2.67. The van der Waals surface area contributed by atoms with Gasteiger partial charge in [-0.15, -0.1) is 6.42 Å². The third kappa shape index (κ3) is 3.65. The molecule has 0 fully saturated rings. The zero-order valence-electron chi connectivity index (χ0n) is 10.1. The van der Waals surface area contributed by atoms with Gasteiger partial charge in [-0.1, -0.05) is 18.1 Å². The first-order valence-electron chi connectivity index (χ1n) is 5.64. The van der Waals surface area contributed by atoms with E-state index in [2.05, 4.69) is 16.2 Å². The van der Waals surface area contributed by atoms with Crippen molar-refractivity contribution in [2.45, 2.75) is 6.42 Å². The van der Waals surface area contributed by atoms with Gasteiger partial charge in [-0.05, 0) is 29.8 Å². The molecule has 3 nitrogen and oxygen atoms in total. The molecule has 0 saturated heterocycles. The largest absolute Gasteiger partial charge is 0.310 e. The van der Waals surface area contributed by atoms with Crippen LogP contribution in [0.25, 0.3) is 0 Å². The van der Waals surface area contributed by atoms with Crippen molar-refractivity contribution in [1.29, 1.82) is 0 Å². The molecule has 4 heteroatoms. The van der Waals surface area contributed by atoms with Gasteiger partial charge in [0.15, 0.2) is 0 Å². The van der Waals surface area contributed by atoms with Gasteiger partial charge in [0, 0.05) is 11.8 Å². The molecule has 0 unspecified atom stereocenters. The predicted octanol–water partition coefficient (Wildman–Crippen LogP) is 2.38. The Morgan fingerprint density at radius 2 is 2.05 bits per heavy atom. The number of hydrogen-bond donors (Lipinski definition) is 1. The van der Waals surface area contributed by atoms with Gasteiger partial charge in [-0.2, -0.15) is 0 Å². The minimum atomic E-state index is -0.326. The quantitative estimate of drug-likeness (QED) is 0.854. The molecule has 0 aliphatic rings. The van der Waals surface area contributed by atoms with Gasteiger partial charge in [-0.3, -0.25) is 4.79 Å². The summed E-state index contributed by atoms with van der Waals surface area (Å²) in [6, 6.07) is 9.07. The minimum Gasteiger partial charge on any atom is -0.310 e. The molecule has 0 aliphatic heterocycles. The third-order valence-electron chi connectivity index (χ3n) is 2.47. The van der Waals surface area contributed by atoms with E-state index in [-0.39, 0.29) is 18.1 Å². The lowest BCUT2D eigenvalue weighted by Crippen LogP contribution is -2.15. The second kappa shape index (κ2) is 5.78. The van der Waals surface area contributed by atoms with Gasteiger partial charge >= 0.3 is 0 Å². The lowest BCUT2D eigenvalue weighted by Gasteiger charge is -2.04. The summed E-state index contributed by atoms with van der Waals surface area (Å²) in [5.41, 5.74) is 1.37. The van der Waals surface area contributed by atoms with Gasteiger partial charge in [-0.25, -0.2) is 9.37 Å². The monoisotopic (exact) mass is 254 g/mol. The summed E-state index contributed by atoms with van der Waals surface area (Å²) in [7, 11) is 0. The summed E-state index contributed by atoms with van der Waals surface area (Å²) in [5.74, 6) is 2.31. The average Bonchev–Trinajstić information content (AvgIpc) is 2.41. The number of carbonyl (C=O) groups excluding carboxylic acids is 1. The lowest BCUT2D eigenvalue weighted by atomic mass is 10.1. The maximum absolute atomic E-state index is 12.7. The Morgan fingerprint density at radius 1 is 1.32 bits per heavy atom. The number of anilines is 1. The molecule has 2 aromatic rings. The lowest BCUT2D eigenvalue weighted by molar-refractivity contribution is -0.115. The fourth-order valence-electron chi connectivity index (χ4n) is 1.56. The van der Waals surface area contributed by atoms with Crippen molar-refractivity contribution in [3.63, 3.8) is 0 Å². The van der Waals surface area contributed by atoms with Crippen molar-refractivity contribution in [1.82, 2.24) is 4.98 Å². The molecule has 94 valence electrons. The molecule has 0 saturated carbocycles. The van der Waals surface area contributed by atoms with Crippen LogP contribution in [0.5, 0.6) is 0 Å². The van der Waals surface area contributed by atoms with Crippen LogP contribution in [0.15, 0.2) is 42.6 Å². The Kier molecular flexibility index (Phi) is 3.89. The number of terminal acetylenes is 1. The molecule has 1 N–H and O–H groups in total. The second-order valence-corrected chi connectivity index (χ2v) is 3.93. The Labute approximate surface area is 110 Å². The number of hydrogen-bond acceptors (Lipinski definition) is 2. The van der Waals surface area contributed by atoms with E-state index in [1.807, 2.05) is 0 Å². The Bertz CT molecular complexity index is 629. The van der Waals surface area contributed by atoms with Crippen LogP contribution in [0, 0.1) is 18.2 Å². The molecule has 0 atom stereocenters. The molecule has 0 radical (unpaired) electrons. The highest BCUT2D eigenvalue weighted by molar-refractivity contribution is 5.91. The summed E-state index contributed by atoms with van der Waals surface area (Å²) in [4.78, 5) is 15.8. The number of pyridine rings is 1. The Balaban J connectivity index is 2.01. The zero-order chi connectivity index (χ0) is 13.7. The number of rotatable bonds is 3. The first kappa shape index (κ1) is 12.8. The molecule has 1 amide bonds. The second-order valence-electron chi connectivity index (χ2n) is 3.93. The van der Waals surface area contributed by atoms with Crippen molar-refractivity contribution in [2.24, 2.45) is 0 Å². The zero-order valence-corrected chi connectivity index (χ0v) is 10.1. The summed E-state index contributed by atoms with van der Waals surface area (Å²) in [6.45, 7) is 0. The van der Waals surface area contributed by atoms with Crippen LogP contribution in [-0.4, -0.2) is 10.9 Å². The van der Waals surface area contributed by atoms with Crippen molar-refractivity contribution < 1.29 is 9.18 Å². The van der Waals surface area contributed by atoms with Crippen molar-refractivity contribution >= 4 is 11.7 Å². The minimum absolute atomic E-state index is 0.155. The van der Waals surface area contributed by atoms with Gasteiger partial charge in [0.2, 0.25) is 5.91 Å². The van der Waals surface area contributed by atoms with E-state index in [1.165, 1.54) is 18.3 Å². The highest BCUT2D eigenvalue weighted by Crippen LogP contribution is 2.08. The predicted molar refractivity (Wildman–Crippen MR) is 70.9 cm³/mol. The van der Waals surface area contributed by atoms with Gasteiger partial charge < -0.3 is 5.32 Å².